The van der Waals surface area contributed by atoms with Crippen LogP contribution >= 0.6 is 11.3 Å². The molecule has 0 saturated carbocycles. The second-order valence-corrected chi connectivity index (χ2v) is 9.97. The number of nitrogens with two attached hydrogens (primary N) is 1. The lowest BCUT2D eigenvalue weighted by molar-refractivity contribution is 0.218. The number of imidazole rings is 1. The van der Waals surface area contributed by atoms with Crippen molar-refractivity contribution in [3.63, 3.8) is 0 Å². The van der Waals surface area contributed by atoms with Crippen LogP contribution in [0.1, 0.15) is 5.69 Å². The Labute approximate surface area is 189 Å². The highest BCUT2D eigenvalue weighted by atomic mass is 32.2. The van der Waals surface area contributed by atoms with Crippen molar-refractivity contribution in [2.24, 2.45) is 7.05 Å². The van der Waals surface area contributed by atoms with Crippen LogP contribution in [-0.2, 0) is 22.6 Å². The van der Waals surface area contributed by atoms with Gasteiger partial charge in [-0.2, -0.15) is 5.10 Å². The van der Waals surface area contributed by atoms with Crippen LogP contribution in [-0.4, -0.2) is 57.8 Å². The lowest BCUT2D eigenvalue weighted by atomic mass is 10.1. The number of fused-ring (bicyclic) bond motifs is 2. The smallest absolute Gasteiger partial charge is 0.233 e. The van der Waals surface area contributed by atoms with Gasteiger partial charge in [0.1, 0.15) is 9.04 Å². The molecule has 5 heterocycles. The Balaban J connectivity index is 1.76. The van der Waals surface area contributed by atoms with E-state index in [2.05, 4.69) is 15.1 Å². The van der Waals surface area contributed by atoms with Crippen molar-refractivity contribution in [3.8, 4) is 22.6 Å². The van der Waals surface area contributed by atoms with E-state index in [1.807, 2.05) is 37.0 Å². The second kappa shape index (κ2) is 8.04. The maximum absolute atomic E-state index is 12.9. The summed E-state index contributed by atoms with van der Waals surface area (Å²) in [4.78, 5) is 18.9. The third-order valence-electron chi connectivity index (χ3n) is 5.01. The number of nitrogens with zero attached hydrogens (tertiary/aromatic N) is 7. The Kier molecular flexibility index (Phi) is 5.19. The van der Waals surface area contributed by atoms with E-state index in [1.54, 1.807) is 24.2 Å². The standard InChI is InChI=1S/C20H20N8O2S2/c1-11-13(10-27(2)26-11)16-14-15(21)19(32(29)7-6-30-3)31-18(14)25-17(24-16)12-8-23-20-22-4-5-28(20)9-12/h4-5,8-10H,6-7,21H2,1-3H3. The fraction of sp³-hybridized carbons (Fsp3) is 0.250. The molecule has 1 atom stereocenters. The van der Waals surface area contributed by atoms with Gasteiger partial charge in [-0.15, -0.1) is 11.3 Å². The molecule has 0 amide bonds. The largest absolute Gasteiger partial charge is 0.396 e. The summed E-state index contributed by atoms with van der Waals surface area (Å²) in [7, 11) is 2.14. The highest BCUT2D eigenvalue weighted by molar-refractivity contribution is 7.87. The molecule has 0 spiro atoms. The van der Waals surface area contributed by atoms with Gasteiger partial charge >= 0.3 is 0 Å². The van der Waals surface area contributed by atoms with Gasteiger partial charge < -0.3 is 10.5 Å². The summed E-state index contributed by atoms with van der Waals surface area (Å²) in [5.74, 6) is 1.44. The van der Waals surface area contributed by atoms with Crippen LogP contribution in [0.4, 0.5) is 5.69 Å². The maximum atomic E-state index is 12.9. The minimum atomic E-state index is -1.30. The zero-order valence-electron chi connectivity index (χ0n) is 17.6. The first-order chi connectivity index (χ1) is 15.5. The molecule has 1 unspecified atom stereocenters. The topological polar surface area (TPSA) is 126 Å². The molecular formula is C20H20N8O2S2. The highest BCUT2D eigenvalue weighted by Gasteiger charge is 2.23. The van der Waals surface area contributed by atoms with Crippen molar-refractivity contribution in [2.45, 2.75) is 11.1 Å². The molecule has 0 aliphatic carbocycles. The molecule has 0 fully saturated rings. The number of aryl methyl sites for hydroxylation is 2. The maximum Gasteiger partial charge on any atom is 0.233 e. The van der Waals surface area contributed by atoms with Gasteiger partial charge in [0, 0.05) is 50.7 Å². The third kappa shape index (κ3) is 3.45. The molecule has 0 aliphatic heterocycles. The summed E-state index contributed by atoms with van der Waals surface area (Å²) in [5, 5.41) is 5.15. The molecule has 0 saturated heterocycles. The Hall–Kier alpha value is -3.22. The lowest BCUT2D eigenvalue weighted by Gasteiger charge is -2.07. The average Bonchev–Trinajstić information content (AvgIpc) is 3.47. The van der Waals surface area contributed by atoms with Gasteiger partial charge in [0.15, 0.2) is 5.82 Å². The molecular weight excluding hydrogens is 448 g/mol. The summed E-state index contributed by atoms with van der Waals surface area (Å²) >= 11 is 1.32. The molecule has 10 nitrogen and oxygen atoms in total. The van der Waals surface area contributed by atoms with Crippen molar-refractivity contribution < 1.29 is 8.95 Å². The molecule has 0 bridgehead atoms. The minimum absolute atomic E-state index is 0.357. The van der Waals surface area contributed by atoms with Gasteiger partial charge in [-0.05, 0) is 6.92 Å². The Morgan fingerprint density at radius 1 is 1.25 bits per heavy atom. The molecule has 5 aromatic heterocycles. The van der Waals surface area contributed by atoms with Gasteiger partial charge in [-0.1, -0.05) is 0 Å². The number of methoxy groups -OCH3 is 1. The van der Waals surface area contributed by atoms with Crippen LogP contribution in [0, 0.1) is 6.92 Å². The van der Waals surface area contributed by atoms with E-state index in [1.165, 1.54) is 11.3 Å². The lowest BCUT2D eigenvalue weighted by Crippen LogP contribution is -2.04. The Morgan fingerprint density at radius 2 is 2.09 bits per heavy atom. The first-order valence-electron chi connectivity index (χ1n) is 9.73. The Bertz CT molecular complexity index is 1490. The predicted molar refractivity (Wildman–Crippen MR) is 124 cm³/mol. The quantitative estimate of drug-likeness (QED) is 0.403. The van der Waals surface area contributed by atoms with Crippen molar-refractivity contribution >= 4 is 43.8 Å². The van der Waals surface area contributed by atoms with Crippen LogP contribution in [0.3, 0.4) is 0 Å². The van der Waals surface area contributed by atoms with Crippen LogP contribution < -0.4 is 5.73 Å². The Morgan fingerprint density at radius 3 is 2.84 bits per heavy atom. The van der Waals surface area contributed by atoms with Crippen LogP contribution in [0.25, 0.3) is 38.6 Å². The second-order valence-electron chi connectivity index (χ2n) is 7.20. The molecule has 12 heteroatoms. The number of hydrogen-bond donors (Lipinski definition) is 1. The number of rotatable bonds is 6. The highest BCUT2D eigenvalue weighted by Crippen LogP contribution is 2.41. The van der Waals surface area contributed by atoms with E-state index >= 15 is 0 Å². The minimum Gasteiger partial charge on any atom is -0.396 e. The molecule has 0 radical (unpaired) electrons. The monoisotopic (exact) mass is 468 g/mol. The molecule has 0 aromatic carbocycles. The first kappa shape index (κ1) is 20.7. The number of ether oxygens (including phenoxy) is 1. The van der Waals surface area contributed by atoms with Crippen molar-refractivity contribution in [2.75, 3.05) is 25.2 Å². The summed E-state index contributed by atoms with van der Waals surface area (Å²) in [6.07, 6.45) is 8.97. The normalized spacial score (nSPS) is 12.7. The molecule has 2 N–H and O–H groups in total. The molecule has 164 valence electrons. The number of thiophene rings is 1. The summed E-state index contributed by atoms with van der Waals surface area (Å²) in [5.41, 5.74) is 9.98. The zero-order chi connectivity index (χ0) is 22.4. The van der Waals surface area contributed by atoms with E-state index in [4.69, 9.17) is 20.4 Å². The van der Waals surface area contributed by atoms with E-state index < -0.39 is 10.8 Å². The predicted octanol–water partition coefficient (Wildman–Crippen LogP) is 2.45. The number of anilines is 1. The van der Waals surface area contributed by atoms with Crippen molar-refractivity contribution in [1.29, 1.82) is 0 Å². The molecule has 32 heavy (non-hydrogen) atoms. The van der Waals surface area contributed by atoms with Crippen LogP contribution in [0.5, 0.6) is 0 Å². The average molecular weight is 469 g/mol. The number of aromatic nitrogens is 7. The van der Waals surface area contributed by atoms with Gasteiger partial charge in [0.2, 0.25) is 5.78 Å². The zero-order valence-corrected chi connectivity index (χ0v) is 19.3. The van der Waals surface area contributed by atoms with Crippen LogP contribution in [0.15, 0.2) is 35.2 Å². The summed E-state index contributed by atoms with van der Waals surface area (Å²) in [6.45, 7) is 2.30. The van der Waals surface area contributed by atoms with E-state index in [-0.39, 0.29) is 0 Å². The fourth-order valence-electron chi connectivity index (χ4n) is 3.51. The number of nitrogen functional groups attached to an aromatic ring is 1. The SMILES string of the molecule is COCCS(=O)c1sc2nc(-c3cnc4nccn4c3)nc(-c3cn(C)nc3C)c2c1N. The van der Waals surface area contributed by atoms with E-state index in [0.717, 1.165) is 16.8 Å². The van der Waals surface area contributed by atoms with Crippen molar-refractivity contribution in [1.82, 2.24) is 34.1 Å². The third-order valence-corrected chi connectivity index (χ3v) is 7.88. The number of hydrogen-bond acceptors (Lipinski definition) is 9. The molecule has 0 aliphatic rings. The van der Waals surface area contributed by atoms with Gasteiger partial charge in [-0.25, -0.2) is 19.9 Å². The van der Waals surface area contributed by atoms with Gasteiger partial charge in [-0.3, -0.25) is 13.3 Å². The van der Waals surface area contributed by atoms with E-state index in [0.29, 0.717) is 49.8 Å². The summed E-state index contributed by atoms with van der Waals surface area (Å²) in [6, 6.07) is 0. The summed E-state index contributed by atoms with van der Waals surface area (Å²) < 4.78 is 22.1. The molecule has 5 rings (SSSR count). The van der Waals surface area contributed by atoms with Gasteiger partial charge in [0.25, 0.3) is 0 Å². The first-order valence-corrected chi connectivity index (χ1v) is 11.9. The van der Waals surface area contributed by atoms with Gasteiger partial charge in [0.05, 0.1) is 51.2 Å². The van der Waals surface area contributed by atoms with E-state index in [9.17, 15) is 4.21 Å². The van der Waals surface area contributed by atoms with Crippen molar-refractivity contribution in [3.05, 3.63) is 36.7 Å². The van der Waals surface area contributed by atoms with Crippen LogP contribution in [0.2, 0.25) is 0 Å². The molecule has 5 aromatic rings. The fourth-order valence-corrected chi connectivity index (χ4v) is 6.05.